The van der Waals surface area contributed by atoms with Crippen molar-refractivity contribution in [2.75, 3.05) is 0 Å². The van der Waals surface area contributed by atoms with Crippen LogP contribution < -0.4 is 4.74 Å². The molecule has 1 fully saturated rings. The molecule has 0 saturated heterocycles. The smallest absolute Gasteiger partial charge is 0.313 e. The predicted molar refractivity (Wildman–Crippen MR) is 74.7 cm³/mol. The van der Waals surface area contributed by atoms with Gasteiger partial charge in [-0.05, 0) is 41.3 Å². The van der Waals surface area contributed by atoms with Gasteiger partial charge in [-0.15, -0.1) is 0 Å². The van der Waals surface area contributed by atoms with Crippen molar-refractivity contribution in [3.8, 4) is 5.75 Å². The highest BCUT2D eigenvalue weighted by Gasteiger charge is 2.29. The van der Waals surface area contributed by atoms with Crippen LogP contribution in [-0.2, 0) is 0 Å². The molecule has 1 aliphatic rings. The Balaban J connectivity index is 2.30. The van der Waals surface area contributed by atoms with Crippen molar-refractivity contribution < 1.29 is 14.8 Å². The second-order valence-corrected chi connectivity index (χ2v) is 5.79. The van der Waals surface area contributed by atoms with Crippen LogP contribution in [0.5, 0.6) is 5.75 Å². The fourth-order valence-corrected chi connectivity index (χ4v) is 3.05. The number of hydrogen-bond acceptors (Lipinski definition) is 4. The van der Waals surface area contributed by atoms with Crippen molar-refractivity contribution >= 4 is 33.2 Å². The Morgan fingerprint density at radius 3 is 2.74 bits per heavy atom. The molecular weight excluding hydrogens is 337 g/mol. The molecule has 1 aliphatic carbocycles. The number of nitro benzene ring substituents is 1. The summed E-state index contributed by atoms with van der Waals surface area (Å²) in [6.07, 6.45) is 2.24. The van der Waals surface area contributed by atoms with Gasteiger partial charge in [-0.1, -0.05) is 18.0 Å². The number of aliphatic hydroxyl groups excluding tert-OH is 1. The summed E-state index contributed by atoms with van der Waals surface area (Å²) >= 11 is 9.02. The maximum Gasteiger partial charge on any atom is 0.313 e. The molecule has 19 heavy (non-hydrogen) atoms. The number of nitro groups is 1. The SMILES string of the molecule is O=[N+]([O-])c1cc(Cl)cc(Br)c1O[C@H]1CCCC[C@@H]1O. The lowest BCUT2D eigenvalue weighted by Crippen LogP contribution is -2.34. The normalized spacial score (nSPS) is 23.1. The summed E-state index contributed by atoms with van der Waals surface area (Å²) < 4.78 is 6.07. The highest BCUT2D eigenvalue weighted by atomic mass is 79.9. The van der Waals surface area contributed by atoms with E-state index in [1.54, 1.807) is 6.07 Å². The Morgan fingerprint density at radius 1 is 1.42 bits per heavy atom. The second kappa shape index (κ2) is 6.07. The number of ether oxygens (including phenoxy) is 1. The first-order valence-electron chi connectivity index (χ1n) is 5.97. The lowest BCUT2D eigenvalue weighted by atomic mass is 9.95. The van der Waals surface area contributed by atoms with Crippen LogP contribution >= 0.6 is 27.5 Å². The highest BCUT2D eigenvalue weighted by Crippen LogP contribution is 2.39. The topological polar surface area (TPSA) is 72.6 Å². The van der Waals surface area contributed by atoms with E-state index in [-0.39, 0.29) is 16.5 Å². The van der Waals surface area contributed by atoms with E-state index in [2.05, 4.69) is 15.9 Å². The summed E-state index contributed by atoms with van der Waals surface area (Å²) in [7, 11) is 0. The number of aliphatic hydroxyl groups is 1. The van der Waals surface area contributed by atoms with Gasteiger partial charge in [-0.2, -0.15) is 0 Å². The first-order valence-corrected chi connectivity index (χ1v) is 7.14. The van der Waals surface area contributed by atoms with Gasteiger partial charge in [0.25, 0.3) is 0 Å². The molecule has 1 saturated carbocycles. The molecule has 0 spiro atoms. The molecule has 5 nitrogen and oxygen atoms in total. The monoisotopic (exact) mass is 349 g/mol. The molecule has 0 unspecified atom stereocenters. The average Bonchev–Trinajstić information content (AvgIpc) is 2.34. The zero-order valence-corrected chi connectivity index (χ0v) is 12.4. The van der Waals surface area contributed by atoms with Crippen LogP contribution in [0.1, 0.15) is 25.7 Å². The Hall–Kier alpha value is -0.850. The molecule has 0 bridgehead atoms. The maximum absolute atomic E-state index is 11.0. The summed E-state index contributed by atoms with van der Waals surface area (Å²) in [5.41, 5.74) is -0.197. The van der Waals surface area contributed by atoms with Crippen molar-refractivity contribution in [1.29, 1.82) is 0 Å². The summed E-state index contributed by atoms with van der Waals surface area (Å²) in [6.45, 7) is 0. The Kier molecular flexibility index (Phi) is 4.65. The summed E-state index contributed by atoms with van der Waals surface area (Å²) in [5.74, 6) is 0.125. The Bertz CT molecular complexity index is 497. The standard InChI is InChI=1S/C12H13BrClNO4/c13-8-5-7(14)6-9(15(17)18)12(8)19-11-4-2-1-3-10(11)16/h5-6,10-11,16H,1-4H2/t10-,11-/m0/s1. The van der Waals surface area contributed by atoms with E-state index in [0.717, 1.165) is 12.8 Å². The van der Waals surface area contributed by atoms with Crippen LogP contribution in [0.25, 0.3) is 0 Å². The van der Waals surface area contributed by atoms with E-state index >= 15 is 0 Å². The van der Waals surface area contributed by atoms with Gasteiger partial charge in [-0.25, -0.2) is 0 Å². The summed E-state index contributed by atoms with van der Waals surface area (Å²) in [5, 5.41) is 21.2. The molecule has 1 N–H and O–H groups in total. The van der Waals surface area contributed by atoms with Gasteiger partial charge in [0.2, 0.25) is 5.75 Å². The van der Waals surface area contributed by atoms with Gasteiger partial charge < -0.3 is 9.84 Å². The number of hydrogen-bond donors (Lipinski definition) is 1. The molecule has 2 atom stereocenters. The van der Waals surface area contributed by atoms with Gasteiger partial charge in [0, 0.05) is 11.1 Å². The van der Waals surface area contributed by atoms with E-state index in [1.165, 1.54) is 6.07 Å². The minimum atomic E-state index is -0.587. The minimum absolute atomic E-state index is 0.125. The zero-order chi connectivity index (χ0) is 14.0. The Labute approximate surface area is 123 Å². The quantitative estimate of drug-likeness (QED) is 0.666. The second-order valence-electron chi connectivity index (χ2n) is 4.50. The van der Waals surface area contributed by atoms with Gasteiger partial charge in [0.15, 0.2) is 0 Å². The molecular formula is C12H13BrClNO4. The van der Waals surface area contributed by atoms with Crippen molar-refractivity contribution in [2.45, 2.75) is 37.9 Å². The van der Waals surface area contributed by atoms with Crippen LogP contribution in [0.4, 0.5) is 5.69 Å². The van der Waals surface area contributed by atoms with Gasteiger partial charge >= 0.3 is 5.69 Å². The van der Waals surface area contributed by atoms with E-state index in [1.807, 2.05) is 0 Å². The molecule has 0 radical (unpaired) electrons. The molecule has 1 aromatic rings. The predicted octanol–water partition coefficient (Wildman–Crippen LogP) is 3.69. The fourth-order valence-electron chi connectivity index (χ4n) is 2.17. The van der Waals surface area contributed by atoms with Crippen molar-refractivity contribution in [1.82, 2.24) is 0 Å². The number of nitrogens with zero attached hydrogens (tertiary/aromatic N) is 1. The fraction of sp³-hybridized carbons (Fsp3) is 0.500. The van der Waals surface area contributed by atoms with E-state index in [4.69, 9.17) is 16.3 Å². The first-order chi connectivity index (χ1) is 8.99. The van der Waals surface area contributed by atoms with Gasteiger partial charge in [-0.3, -0.25) is 10.1 Å². The van der Waals surface area contributed by atoms with Crippen LogP contribution in [0, 0.1) is 10.1 Å². The van der Waals surface area contributed by atoms with Crippen molar-refractivity contribution in [3.63, 3.8) is 0 Å². The van der Waals surface area contributed by atoms with E-state index in [9.17, 15) is 15.2 Å². The lowest BCUT2D eigenvalue weighted by molar-refractivity contribution is -0.386. The van der Waals surface area contributed by atoms with Crippen molar-refractivity contribution in [2.24, 2.45) is 0 Å². The molecule has 0 aliphatic heterocycles. The van der Waals surface area contributed by atoms with E-state index in [0.29, 0.717) is 17.3 Å². The summed E-state index contributed by atoms with van der Waals surface area (Å²) in [6, 6.07) is 2.79. The van der Waals surface area contributed by atoms with Crippen LogP contribution in [0.2, 0.25) is 5.02 Å². The maximum atomic E-state index is 11.0. The molecule has 0 aromatic heterocycles. The molecule has 1 aromatic carbocycles. The first kappa shape index (κ1) is 14.6. The molecule has 0 amide bonds. The zero-order valence-electron chi connectivity index (χ0n) is 10.0. The number of rotatable bonds is 3. The number of halogens is 2. The average molecular weight is 351 g/mol. The van der Waals surface area contributed by atoms with Gasteiger partial charge in [0.05, 0.1) is 15.5 Å². The van der Waals surface area contributed by atoms with Crippen LogP contribution in [0.15, 0.2) is 16.6 Å². The largest absolute Gasteiger partial charge is 0.480 e. The highest BCUT2D eigenvalue weighted by molar-refractivity contribution is 9.10. The Morgan fingerprint density at radius 2 is 2.11 bits per heavy atom. The third kappa shape index (κ3) is 3.38. The van der Waals surface area contributed by atoms with Crippen LogP contribution in [0.3, 0.4) is 0 Å². The van der Waals surface area contributed by atoms with Gasteiger partial charge in [0.1, 0.15) is 6.10 Å². The third-order valence-electron chi connectivity index (χ3n) is 3.12. The summed E-state index contributed by atoms with van der Waals surface area (Å²) in [4.78, 5) is 10.5. The van der Waals surface area contributed by atoms with Crippen molar-refractivity contribution in [3.05, 3.63) is 31.7 Å². The van der Waals surface area contributed by atoms with E-state index < -0.39 is 17.1 Å². The van der Waals surface area contributed by atoms with Crippen LogP contribution in [-0.4, -0.2) is 22.2 Å². The molecule has 7 heteroatoms. The minimum Gasteiger partial charge on any atom is -0.480 e. The number of benzene rings is 1. The third-order valence-corrected chi connectivity index (χ3v) is 3.93. The molecule has 104 valence electrons. The lowest BCUT2D eigenvalue weighted by Gasteiger charge is -2.28. The molecule has 2 rings (SSSR count). The molecule has 0 heterocycles.